The van der Waals surface area contributed by atoms with Gasteiger partial charge in [-0.25, -0.2) is 0 Å². The maximum absolute atomic E-state index is 12.8. The third-order valence-corrected chi connectivity index (χ3v) is 4.13. The third-order valence-electron chi connectivity index (χ3n) is 4.13. The summed E-state index contributed by atoms with van der Waals surface area (Å²) in [6.45, 7) is 1.45. The maximum Gasteiger partial charge on any atom is 0.257 e. The van der Waals surface area contributed by atoms with E-state index < -0.39 is 0 Å². The summed E-state index contributed by atoms with van der Waals surface area (Å²) in [6.07, 6.45) is 2.03. The van der Waals surface area contributed by atoms with E-state index in [1.54, 1.807) is 25.2 Å². The topological polar surface area (TPSA) is 79.9 Å². The number of likely N-dealkylation sites (N-methyl/N-ethyl adjacent to an activating group) is 2. The minimum absolute atomic E-state index is 0.0103. The Morgan fingerprint density at radius 3 is 2.75 bits per heavy atom. The summed E-state index contributed by atoms with van der Waals surface area (Å²) in [6, 6.07) is 5.26. The molecule has 1 aliphatic rings. The molecule has 7 nitrogen and oxygen atoms in total. The number of hydrogen-bond donors (Lipinski definition) is 2. The number of hydrogen-bond acceptors (Lipinski definition) is 5. The van der Waals surface area contributed by atoms with Crippen molar-refractivity contribution in [1.82, 2.24) is 15.5 Å². The van der Waals surface area contributed by atoms with Crippen LogP contribution in [0.25, 0.3) is 0 Å². The van der Waals surface area contributed by atoms with Crippen molar-refractivity contribution in [3.05, 3.63) is 23.8 Å². The maximum atomic E-state index is 12.8. The van der Waals surface area contributed by atoms with Crippen molar-refractivity contribution in [3.63, 3.8) is 0 Å². The molecule has 1 aromatic carbocycles. The third kappa shape index (κ3) is 4.17. The summed E-state index contributed by atoms with van der Waals surface area (Å²) in [5.41, 5.74) is 0.558. The molecule has 0 radical (unpaired) electrons. The molecule has 1 aromatic rings. The van der Waals surface area contributed by atoms with E-state index in [4.69, 9.17) is 9.47 Å². The molecule has 1 atom stereocenters. The van der Waals surface area contributed by atoms with Gasteiger partial charge in [0.2, 0.25) is 0 Å². The molecule has 24 heavy (non-hydrogen) atoms. The first-order valence-electron chi connectivity index (χ1n) is 8.07. The number of rotatable bonds is 7. The first-order valence-corrected chi connectivity index (χ1v) is 8.07. The van der Waals surface area contributed by atoms with Gasteiger partial charge < -0.3 is 25.0 Å². The Morgan fingerprint density at radius 1 is 1.29 bits per heavy atom. The molecule has 1 fully saturated rings. The van der Waals surface area contributed by atoms with Gasteiger partial charge in [0.05, 0.1) is 7.11 Å². The van der Waals surface area contributed by atoms with Crippen LogP contribution in [0, 0.1) is 0 Å². The van der Waals surface area contributed by atoms with Gasteiger partial charge >= 0.3 is 0 Å². The van der Waals surface area contributed by atoms with Gasteiger partial charge in [-0.1, -0.05) is 0 Å². The molecule has 2 N–H and O–H groups in total. The molecule has 0 unspecified atom stereocenters. The summed E-state index contributed by atoms with van der Waals surface area (Å²) < 4.78 is 10.7. The highest BCUT2D eigenvalue weighted by Crippen LogP contribution is 2.29. The number of nitrogens with one attached hydrogen (secondary N) is 2. The fourth-order valence-corrected chi connectivity index (χ4v) is 2.85. The van der Waals surface area contributed by atoms with E-state index in [1.807, 2.05) is 11.9 Å². The van der Waals surface area contributed by atoms with Gasteiger partial charge in [0.25, 0.3) is 11.8 Å². The molecule has 1 heterocycles. The van der Waals surface area contributed by atoms with Crippen LogP contribution >= 0.6 is 0 Å². The standard InChI is InChI=1S/C17H25N3O4/c1-18-10-13-5-4-8-20(13)17(22)12-6-7-14(15(9-12)23-3)24-11-16(21)19-2/h6-7,9,13,18H,4-5,8,10-11H2,1-3H3,(H,19,21)/t13-/m0/s1. The number of carbonyl (C=O) groups excluding carboxylic acids is 2. The fourth-order valence-electron chi connectivity index (χ4n) is 2.85. The number of ether oxygens (including phenoxy) is 2. The van der Waals surface area contributed by atoms with E-state index in [1.165, 1.54) is 7.11 Å². The summed E-state index contributed by atoms with van der Waals surface area (Å²) in [7, 11) is 4.95. The van der Waals surface area contributed by atoms with Gasteiger partial charge in [-0.2, -0.15) is 0 Å². The SMILES string of the molecule is CNC[C@@H]1CCCN1C(=O)c1ccc(OCC(=O)NC)c(OC)c1. The normalized spacial score (nSPS) is 16.8. The lowest BCUT2D eigenvalue weighted by Crippen LogP contribution is -2.40. The van der Waals surface area contributed by atoms with E-state index in [0.29, 0.717) is 17.1 Å². The highest BCUT2D eigenvalue weighted by molar-refractivity contribution is 5.95. The van der Waals surface area contributed by atoms with Crippen LogP contribution in [-0.2, 0) is 4.79 Å². The summed E-state index contributed by atoms with van der Waals surface area (Å²) in [5.74, 6) is 0.632. The van der Waals surface area contributed by atoms with E-state index in [2.05, 4.69) is 10.6 Å². The van der Waals surface area contributed by atoms with Crippen LogP contribution in [0.1, 0.15) is 23.2 Å². The van der Waals surface area contributed by atoms with Gasteiger partial charge in [-0.05, 0) is 38.1 Å². The molecule has 0 bridgehead atoms. The molecule has 132 valence electrons. The summed E-state index contributed by atoms with van der Waals surface area (Å²) in [5, 5.41) is 5.62. The van der Waals surface area contributed by atoms with Crippen molar-refractivity contribution in [2.45, 2.75) is 18.9 Å². The zero-order valence-electron chi connectivity index (χ0n) is 14.4. The summed E-state index contributed by atoms with van der Waals surface area (Å²) in [4.78, 5) is 25.9. The molecule has 2 rings (SSSR count). The number of likely N-dealkylation sites (tertiary alicyclic amines) is 1. The lowest BCUT2D eigenvalue weighted by atomic mass is 10.1. The Kier molecular flexibility index (Phi) is 6.43. The number of amides is 2. The van der Waals surface area contributed by atoms with Crippen molar-refractivity contribution < 1.29 is 19.1 Å². The summed E-state index contributed by atoms with van der Waals surface area (Å²) >= 11 is 0. The molecule has 1 saturated heterocycles. The van der Waals surface area contributed by atoms with Crippen LogP contribution in [0.5, 0.6) is 11.5 Å². The molecule has 0 saturated carbocycles. The minimum atomic E-state index is -0.232. The molecule has 2 amide bonds. The van der Waals surface area contributed by atoms with E-state index >= 15 is 0 Å². The van der Waals surface area contributed by atoms with E-state index in [-0.39, 0.29) is 24.5 Å². The zero-order valence-corrected chi connectivity index (χ0v) is 14.4. The quantitative estimate of drug-likeness (QED) is 0.765. The molecule has 0 aliphatic carbocycles. The lowest BCUT2D eigenvalue weighted by Gasteiger charge is -2.25. The highest BCUT2D eigenvalue weighted by atomic mass is 16.5. The number of methoxy groups -OCH3 is 1. The zero-order chi connectivity index (χ0) is 17.5. The fraction of sp³-hybridized carbons (Fsp3) is 0.529. The Morgan fingerprint density at radius 2 is 2.08 bits per heavy atom. The van der Waals surface area contributed by atoms with Gasteiger partial charge in [-0.15, -0.1) is 0 Å². The smallest absolute Gasteiger partial charge is 0.257 e. The Bertz CT molecular complexity index is 591. The van der Waals surface area contributed by atoms with Crippen molar-refractivity contribution in [2.75, 3.05) is 40.9 Å². The first-order chi connectivity index (χ1) is 11.6. The minimum Gasteiger partial charge on any atom is -0.493 e. The van der Waals surface area contributed by atoms with Crippen molar-refractivity contribution in [3.8, 4) is 11.5 Å². The Labute approximate surface area is 142 Å². The molecule has 1 aliphatic heterocycles. The molecular formula is C17H25N3O4. The predicted octanol–water partition coefficient (Wildman–Crippen LogP) is 0.644. The van der Waals surface area contributed by atoms with Crippen molar-refractivity contribution in [1.29, 1.82) is 0 Å². The Hall–Kier alpha value is -2.28. The van der Waals surface area contributed by atoms with Gasteiger partial charge in [0.15, 0.2) is 18.1 Å². The predicted molar refractivity (Wildman–Crippen MR) is 90.5 cm³/mol. The van der Waals surface area contributed by atoms with E-state index in [9.17, 15) is 9.59 Å². The highest BCUT2D eigenvalue weighted by Gasteiger charge is 2.29. The van der Waals surface area contributed by atoms with Gasteiger partial charge in [-0.3, -0.25) is 9.59 Å². The Balaban J connectivity index is 2.13. The van der Waals surface area contributed by atoms with Gasteiger partial charge in [0, 0.05) is 31.7 Å². The number of nitrogens with zero attached hydrogens (tertiary/aromatic N) is 1. The molecule has 0 spiro atoms. The largest absolute Gasteiger partial charge is 0.493 e. The van der Waals surface area contributed by atoms with Gasteiger partial charge in [0.1, 0.15) is 0 Å². The average Bonchev–Trinajstić information content (AvgIpc) is 3.07. The first kappa shape index (κ1) is 18.1. The monoisotopic (exact) mass is 335 g/mol. The second-order valence-electron chi connectivity index (χ2n) is 5.68. The van der Waals surface area contributed by atoms with Crippen LogP contribution in [0.3, 0.4) is 0 Å². The van der Waals surface area contributed by atoms with Crippen LogP contribution in [-0.4, -0.2) is 63.7 Å². The average molecular weight is 335 g/mol. The molecular weight excluding hydrogens is 310 g/mol. The van der Waals surface area contributed by atoms with Crippen LogP contribution in [0.15, 0.2) is 18.2 Å². The van der Waals surface area contributed by atoms with Crippen LogP contribution in [0.4, 0.5) is 0 Å². The lowest BCUT2D eigenvalue weighted by molar-refractivity contribution is -0.122. The number of benzene rings is 1. The van der Waals surface area contributed by atoms with Crippen LogP contribution < -0.4 is 20.1 Å². The molecule has 0 aromatic heterocycles. The second-order valence-corrected chi connectivity index (χ2v) is 5.68. The van der Waals surface area contributed by atoms with Crippen LogP contribution in [0.2, 0.25) is 0 Å². The second kappa shape index (κ2) is 8.54. The number of carbonyl (C=O) groups is 2. The van der Waals surface area contributed by atoms with E-state index in [0.717, 1.165) is 25.9 Å². The van der Waals surface area contributed by atoms with Crippen molar-refractivity contribution >= 4 is 11.8 Å². The molecule has 7 heteroatoms. The van der Waals surface area contributed by atoms with Crippen molar-refractivity contribution in [2.24, 2.45) is 0 Å².